The van der Waals surface area contributed by atoms with Crippen LogP contribution in [0.25, 0.3) is 0 Å². The second-order valence-electron chi connectivity index (χ2n) is 4.30. The predicted octanol–water partition coefficient (Wildman–Crippen LogP) is -0.567. The number of nitrogens with one attached hydrogen (secondary N) is 1. The van der Waals surface area contributed by atoms with Crippen molar-refractivity contribution in [3.8, 4) is 0 Å². The Morgan fingerprint density at radius 2 is 2.06 bits per heavy atom. The van der Waals surface area contributed by atoms with Crippen LogP contribution in [0, 0.1) is 0 Å². The Hall–Kier alpha value is -0.690. The number of nitrogens with two attached hydrogens (primary N) is 1. The number of nitrogens with zero attached hydrogens (tertiary/aromatic N) is 1. The average molecular weight is 261 g/mol. The third-order valence-corrected chi connectivity index (χ3v) is 2.97. The highest BCUT2D eigenvalue weighted by Gasteiger charge is 2.24. The van der Waals surface area contributed by atoms with Crippen LogP contribution >= 0.6 is 0 Å². The lowest BCUT2D eigenvalue weighted by Crippen LogP contribution is -2.50. The Bertz CT molecular complexity index is 227. The number of rotatable bonds is 10. The summed E-state index contributed by atoms with van der Waals surface area (Å²) < 4.78 is 10.3. The zero-order chi connectivity index (χ0) is 14.0. The number of carbonyl (C=O) groups excluding carboxylic acids is 1. The molecule has 0 bridgehead atoms. The average Bonchev–Trinajstić information content (AvgIpc) is 2.37. The van der Waals surface area contributed by atoms with E-state index in [0.717, 1.165) is 6.54 Å². The predicted molar refractivity (Wildman–Crippen MR) is 71.4 cm³/mol. The quantitative estimate of drug-likeness (QED) is 0.551. The molecule has 0 fully saturated rings. The standard InChI is InChI=1S/C12H27N3O3/c1-10(9-18-4)15(5-6-17-3)11(8-13)7-12(16)14-2/h10-11H,5-9,13H2,1-4H3,(H,14,16). The minimum atomic E-state index is -0.00233. The van der Waals surface area contributed by atoms with E-state index in [9.17, 15) is 4.79 Å². The van der Waals surface area contributed by atoms with Crippen LogP contribution in [-0.4, -0.2) is 70.5 Å². The van der Waals surface area contributed by atoms with Gasteiger partial charge >= 0.3 is 0 Å². The first-order valence-electron chi connectivity index (χ1n) is 6.24. The van der Waals surface area contributed by atoms with E-state index in [-0.39, 0.29) is 18.0 Å². The van der Waals surface area contributed by atoms with Crippen molar-refractivity contribution in [2.75, 3.05) is 47.6 Å². The molecule has 0 saturated heterocycles. The van der Waals surface area contributed by atoms with Crippen LogP contribution in [0.2, 0.25) is 0 Å². The number of ether oxygens (including phenoxy) is 2. The largest absolute Gasteiger partial charge is 0.383 e. The number of methoxy groups -OCH3 is 2. The lowest BCUT2D eigenvalue weighted by atomic mass is 10.1. The highest BCUT2D eigenvalue weighted by atomic mass is 16.5. The second-order valence-corrected chi connectivity index (χ2v) is 4.30. The molecular weight excluding hydrogens is 234 g/mol. The van der Waals surface area contributed by atoms with Gasteiger partial charge in [-0.25, -0.2) is 0 Å². The third-order valence-electron chi connectivity index (χ3n) is 2.97. The molecule has 0 spiro atoms. The van der Waals surface area contributed by atoms with E-state index in [1.165, 1.54) is 0 Å². The van der Waals surface area contributed by atoms with Gasteiger partial charge in [-0.2, -0.15) is 0 Å². The number of carbonyl (C=O) groups is 1. The van der Waals surface area contributed by atoms with Gasteiger partial charge in [-0.1, -0.05) is 0 Å². The first kappa shape index (κ1) is 17.3. The number of hydrogen-bond acceptors (Lipinski definition) is 5. The molecule has 6 heteroatoms. The molecule has 0 aromatic heterocycles. The van der Waals surface area contributed by atoms with E-state index in [2.05, 4.69) is 17.1 Å². The summed E-state index contributed by atoms with van der Waals surface area (Å²) in [5.74, 6) is -0.00233. The Balaban J connectivity index is 4.59. The van der Waals surface area contributed by atoms with E-state index in [0.29, 0.717) is 26.2 Å². The van der Waals surface area contributed by atoms with E-state index in [1.54, 1.807) is 21.3 Å². The summed E-state index contributed by atoms with van der Waals surface area (Å²) >= 11 is 0. The normalized spacial score (nSPS) is 14.6. The van der Waals surface area contributed by atoms with Gasteiger partial charge in [0.15, 0.2) is 0 Å². The Morgan fingerprint density at radius 3 is 2.50 bits per heavy atom. The SMILES string of the molecule is CNC(=O)CC(CN)N(CCOC)C(C)COC. The first-order valence-corrected chi connectivity index (χ1v) is 6.24. The minimum Gasteiger partial charge on any atom is -0.383 e. The van der Waals surface area contributed by atoms with Crippen LogP contribution in [0.5, 0.6) is 0 Å². The van der Waals surface area contributed by atoms with E-state index in [4.69, 9.17) is 15.2 Å². The molecule has 1 amide bonds. The van der Waals surface area contributed by atoms with Gasteiger partial charge in [-0.3, -0.25) is 9.69 Å². The molecule has 108 valence electrons. The van der Waals surface area contributed by atoms with Crippen LogP contribution in [-0.2, 0) is 14.3 Å². The second kappa shape index (κ2) is 10.3. The van der Waals surface area contributed by atoms with Crippen molar-refractivity contribution in [1.29, 1.82) is 0 Å². The topological polar surface area (TPSA) is 76.8 Å². The van der Waals surface area contributed by atoms with E-state index in [1.807, 2.05) is 0 Å². The molecule has 3 N–H and O–H groups in total. The van der Waals surface area contributed by atoms with Crippen molar-refractivity contribution >= 4 is 5.91 Å². The molecule has 0 aliphatic rings. The first-order chi connectivity index (χ1) is 8.60. The molecule has 0 heterocycles. The molecule has 18 heavy (non-hydrogen) atoms. The van der Waals surface area contributed by atoms with Gasteiger partial charge in [-0.05, 0) is 6.92 Å². The molecule has 0 radical (unpaired) electrons. The van der Waals surface area contributed by atoms with Crippen LogP contribution < -0.4 is 11.1 Å². The zero-order valence-corrected chi connectivity index (χ0v) is 11.9. The summed E-state index contributed by atoms with van der Waals surface area (Å²) in [6.07, 6.45) is 0.394. The molecule has 0 aliphatic carbocycles. The minimum absolute atomic E-state index is 0.00233. The van der Waals surface area contributed by atoms with Crippen molar-refractivity contribution < 1.29 is 14.3 Å². The molecule has 2 unspecified atom stereocenters. The van der Waals surface area contributed by atoms with Crippen molar-refractivity contribution in [2.24, 2.45) is 5.73 Å². The summed E-state index contributed by atoms with van der Waals surface area (Å²) in [4.78, 5) is 13.7. The van der Waals surface area contributed by atoms with Crippen LogP contribution in [0.15, 0.2) is 0 Å². The molecule has 2 atom stereocenters. The molecule has 0 aromatic rings. The molecule has 0 rings (SSSR count). The fraction of sp³-hybridized carbons (Fsp3) is 0.917. The van der Waals surface area contributed by atoms with Gasteiger partial charge in [0.25, 0.3) is 0 Å². The molecular formula is C12H27N3O3. The molecule has 6 nitrogen and oxygen atoms in total. The van der Waals surface area contributed by atoms with Gasteiger partial charge in [0.05, 0.1) is 13.2 Å². The van der Waals surface area contributed by atoms with Crippen LogP contribution in [0.1, 0.15) is 13.3 Å². The summed E-state index contributed by atoms with van der Waals surface area (Å²) in [6.45, 7) is 4.45. The molecule has 0 saturated carbocycles. The van der Waals surface area contributed by atoms with Crippen LogP contribution in [0.4, 0.5) is 0 Å². The fourth-order valence-corrected chi connectivity index (χ4v) is 1.95. The van der Waals surface area contributed by atoms with Crippen molar-refractivity contribution in [1.82, 2.24) is 10.2 Å². The van der Waals surface area contributed by atoms with E-state index >= 15 is 0 Å². The maximum Gasteiger partial charge on any atom is 0.221 e. The monoisotopic (exact) mass is 261 g/mol. The maximum atomic E-state index is 11.5. The molecule has 0 aromatic carbocycles. The van der Waals surface area contributed by atoms with Crippen molar-refractivity contribution in [3.05, 3.63) is 0 Å². The zero-order valence-electron chi connectivity index (χ0n) is 11.9. The van der Waals surface area contributed by atoms with Gasteiger partial charge in [0, 0.05) is 52.9 Å². The highest BCUT2D eigenvalue weighted by Crippen LogP contribution is 2.09. The third kappa shape index (κ3) is 6.30. The summed E-state index contributed by atoms with van der Waals surface area (Å²) in [5, 5.41) is 2.63. The molecule has 0 aliphatic heterocycles. The Kier molecular flexibility index (Phi) is 9.86. The van der Waals surface area contributed by atoms with Crippen molar-refractivity contribution in [2.45, 2.75) is 25.4 Å². The summed E-state index contributed by atoms with van der Waals surface area (Å²) in [5.41, 5.74) is 5.78. The lowest BCUT2D eigenvalue weighted by molar-refractivity contribution is -0.122. The lowest BCUT2D eigenvalue weighted by Gasteiger charge is -2.35. The summed E-state index contributed by atoms with van der Waals surface area (Å²) in [6, 6.07) is 0.202. The Labute approximate surface area is 110 Å². The van der Waals surface area contributed by atoms with Gasteiger partial charge < -0.3 is 20.5 Å². The summed E-state index contributed by atoms with van der Waals surface area (Å²) in [7, 11) is 4.96. The Morgan fingerprint density at radius 1 is 1.39 bits per heavy atom. The van der Waals surface area contributed by atoms with Gasteiger partial charge in [-0.15, -0.1) is 0 Å². The number of amides is 1. The fourth-order valence-electron chi connectivity index (χ4n) is 1.95. The van der Waals surface area contributed by atoms with Crippen LogP contribution in [0.3, 0.4) is 0 Å². The van der Waals surface area contributed by atoms with E-state index < -0.39 is 0 Å². The van der Waals surface area contributed by atoms with Gasteiger partial charge in [0.1, 0.15) is 0 Å². The smallest absolute Gasteiger partial charge is 0.221 e. The van der Waals surface area contributed by atoms with Gasteiger partial charge in [0.2, 0.25) is 5.91 Å². The van der Waals surface area contributed by atoms with Crippen molar-refractivity contribution in [3.63, 3.8) is 0 Å². The number of hydrogen-bond donors (Lipinski definition) is 2. The highest BCUT2D eigenvalue weighted by molar-refractivity contribution is 5.76. The maximum absolute atomic E-state index is 11.5.